The van der Waals surface area contributed by atoms with Crippen molar-refractivity contribution < 1.29 is 66.1 Å². The van der Waals surface area contributed by atoms with Gasteiger partial charge < -0.3 is 14.8 Å². The maximum atomic E-state index is 10.8. The number of carboxylic acid groups (broad SMARTS) is 1. The van der Waals surface area contributed by atoms with Gasteiger partial charge in [-0.15, -0.1) is 0 Å². The third kappa shape index (κ3) is 1.40. The number of carbonyl (C=O) groups excluding carboxylic acids is 2. The van der Waals surface area contributed by atoms with Crippen LogP contribution >= 0.6 is 0 Å². The monoisotopic (exact) mass is 191 g/mol. The SMILES string of the molecule is O=C([O-])C1=CC[C@@H]2CC(=O)N12.[K+]. The molecule has 1 saturated heterocycles. The molecule has 2 aliphatic heterocycles. The van der Waals surface area contributed by atoms with Gasteiger partial charge in [-0.2, -0.15) is 0 Å². The number of fused-ring (bicyclic) bond motifs is 1. The molecule has 2 rings (SSSR count). The Kier molecular flexibility index (Phi) is 3.11. The molecule has 2 heterocycles. The molecular formula is C7H6KNO3. The number of carboxylic acids is 1. The van der Waals surface area contributed by atoms with Crippen LogP contribution in [-0.4, -0.2) is 22.8 Å². The van der Waals surface area contributed by atoms with E-state index in [-0.39, 0.29) is 69.0 Å². The molecule has 1 atom stereocenters. The Labute approximate surface area is 112 Å². The second-order valence-corrected chi connectivity index (χ2v) is 2.73. The number of β-lactam (4-membered cyclic amide) rings is 1. The summed E-state index contributed by atoms with van der Waals surface area (Å²) in [6, 6.07) is 0.107. The van der Waals surface area contributed by atoms with E-state index >= 15 is 0 Å². The minimum atomic E-state index is -1.25. The Morgan fingerprint density at radius 3 is 2.75 bits per heavy atom. The summed E-state index contributed by atoms with van der Waals surface area (Å²) < 4.78 is 0. The van der Waals surface area contributed by atoms with Crippen LogP contribution in [-0.2, 0) is 9.59 Å². The molecule has 0 aliphatic carbocycles. The maximum Gasteiger partial charge on any atom is 1.00 e. The third-order valence-electron chi connectivity index (χ3n) is 2.10. The molecule has 0 N–H and O–H groups in total. The average Bonchev–Trinajstić information content (AvgIpc) is 2.25. The fourth-order valence-electron chi connectivity index (χ4n) is 1.53. The van der Waals surface area contributed by atoms with Crippen LogP contribution in [0.25, 0.3) is 0 Å². The smallest absolute Gasteiger partial charge is 0.543 e. The number of carbonyl (C=O) groups is 2. The molecule has 0 spiro atoms. The van der Waals surface area contributed by atoms with Crippen molar-refractivity contribution in [3.8, 4) is 0 Å². The molecule has 4 nitrogen and oxygen atoms in total. The normalized spacial score (nSPS) is 25.3. The van der Waals surface area contributed by atoms with E-state index in [1.165, 1.54) is 4.90 Å². The Morgan fingerprint density at radius 2 is 2.33 bits per heavy atom. The molecule has 0 radical (unpaired) electrons. The number of hydrogen-bond donors (Lipinski definition) is 0. The van der Waals surface area contributed by atoms with Crippen LogP contribution in [0.3, 0.4) is 0 Å². The summed E-state index contributed by atoms with van der Waals surface area (Å²) >= 11 is 0. The Bertz CT molecular complexity index is 274. The van der Waals surface area contributed by atoms with Crippen molar-refractivity contribution >= 4 is 11.9 Å². The summed E-state index contributed by atoms with van der Waals surface area (Å²) in [5.41, 5.74) is 0.0475. The first-order valence-corrected chi connectivity index (χ1v) is 3.43. The number of aliphatic carboxylic acids is 1. The summed E-state index contributed by atoms with van der Waals surface area (Å²) in [5.74, 6) is -1.36. The molecular weight excluding hydrogens is 185 g/mol. The van der Waals surface area contributed by atoms with E-state index in [0.717, 1.165) is 0 Å². The van der Waals surface area contributed by atoms with Crippen molar-refractivity contribution in [2.75, 3.05) is 0 Å². The predicted molar refractivity (Wildman–Crippen MR) is 33.0 cm³/mol. The molecule has 58 valence electrons. The van der Waals surface area contributed by atoms with Crippen LogP contribution < -0.4 is 56.5 Å². The molecule has 0 aromatic rings. The Balaban J connectivity index is 0.000000720. The molecule has 1 fully saturated rings. The van der Waals surface area contributed by atoms with Crippen molar-refractivity contribution in [1.82, 2.24) is 4.90 Å². The molecule has 12 heavy (non-hydrogen) atoms. The van der Waals surface area contributed by atoms with Gasteiger partial charge in [-0.3, -0.25) is 4.79 Å². The quantitative estimate of drug-likeness (QED) is 0.311. The zero-order valence-electron chi connectivity index (χ0n) is 6.74. The van der Waals surface area contributed by atoms with Gasteiger partial charge in [0.1, 0.15) is 0 Å². The average molecular weight is 191 g/mol. The maximum absolute atomic E-state index is 10.8. The van der Waals surface area contributed by atoms with E-state index in [1.54, 1.807) is 6.08 Å². The fourth-order valence-corrected chi connectivity index (χ4v) is 1.53. The van der Waals surface area contributed by atoms with Crippen LogP contribution in [0.4, 0.5) is 0 Å². The van der Waals surface area contributed by atoms with Crippen LogP contribution in [0.1, 0.15) is 12.8 Å². The molecule has 0 unspecified atom stereocenters. The summed E-state index contributed by atoms with van der Waals surface area (Å²) in [5, 5.41) is 10.4. The van der Waals surface area contributed by atoms with Gasteiger partial charge in [0.25, 0.3) is 0 Å². The first-order valence-electron chi connectivity index (χ1n) is 3.43. The Hall–Kier alpha value is 0.316. The molecule has 0 bridgehead atoms. The first-order chi connectivity index (χ1) is 5.20. The first kappa shape index (κ1) is 10.4. The molecule has 2 aliphatic rings. The summed E-state index contributed by atoms with van der Waals surface area (Å²) in [4.78, 5) is 22.5. The minimum Gasteiger partial charge on any atom is -0.543 e. The Morgan fingerprint density at radius 1 is 1.67 bits per heavy atom. The van der Waals surface area contributed by atoms with Crippen molar-refractivity contribution in [3.63, 3.8) is 0 Å². The fraction of sp³-hybridized carbons (Fsp3) is 0.429. The van der Waals surface area contributed by atoms with Crippen molar-refractivity contribution in [2.45, 2.75) is 18.9 Å². The van der Waals surface area contributed by atoms with Gasteiger partial charge in [-0.1, -0.05) is 6.08 Å². The zero-order valence-corrected chi connectivity index (χ0v) is 9.86. The number of amides is 1. The van der Waals surface area contributed by atoms with E-state index < -0.39 is 5.97 Å². The van der Waals surface area contributed by atoms with E-state index in [1.807, 2.05) is 0 Å². The van der Waals surface area contributed by atoms with E-state index in [0.29, 0.717) is 12.8 Å². The van der Waals surface area contributed by atoms with Gasteiger partial charge >= 0.3 is 51.4 Å². The van der Waals surface area contributed by atoms with Gasteiger partial charge in [0.05, 0.1) is 11.7 Å². The van der Waals surface area contributed by atoms with E-state index in [4.69, 9.17) is 0 Å². The molecule has 0 saturated carbocycles. The van der Waals surface area contributed by atoms with Gasteiger partial charge in [0.2, 0.25) is 5.91 Å². The van der Waals surface area contributed by atoms with Crippen LogP contribution in [0.2, 0.25) is 0 Å². The van der Waals surface area contributed by atoms with E-state index in [2.05, 4.69) is 0 Å². The van der Waals surface area contributed by atoms with Gasteiger partial charge in [0.15, 0.2) is 0 Å². The van der Waals surface area contributed by atoms with Crippen LogP contribution in [0.15, 0.2) is 11.8 Å². The van der Waals surface area contributed by atoms with Gasteiger partial charge in [0, 0.05) is 12.5 Å². The topological polar surface area (TPSA) is 60.4 Å². The molecule has 0 aromatic carbocycles. The second-order valence-electron chi connectivity index (χ2n) is 2.73. The minimum absolute atomic E-state index is 0. The zero-order chi connectivity index (χ0) is 8.01. The summed E-state index contributed by atoms with van der Waals surface area (Å²) in [6.45, 7) is 0. The van der Waals surface area contributed by atoms with Crippen LogP contribution in [0.5, 0.6) is 0 Å². The van der Waals surface area contributed by atoms with E-state index in [9.17, 15) is 14.7 Å². The van der Waals surface area contributed by atoms with Crippen molar-refractivity contribution in [1.29, 1.82) is 0 Å². The molecule has 5 heteroatoms. The van der Waals surface area contributed by atoms with Crippen molar-refractivity contribution in [3.05, 3.63) is 11.8 Å². The van der Waals surface area contributed by atoms with Crippen LogP contribution in [0, 0.1) is 0 Å². The standard InChI is InChI=1S/C7H7NO3.K/c9-6-3-4-1-2-5(7(10)11)8(4)6;/h2,4H,1,3H2,(H,10,11);/q;+1/p-1/t4-;/m1./s1. The summed E-state index contributed by atoms with van der Waals surface area (Å²) in [6.07, 6.45) is 2.69. The number of hydrogen-bond acceptors (Lipinski definition) is 3. The number of nitrogens with zero attached hydrogens (tertiary/aromatic N) is 1. The van der Waals surface area contributed by atoms with Crippen molar-refractivity contribution in [2.24, 2.45) is 0 Å². The predicted octanol–water partition coefficient (Wildman–Crippen LogP) is -4.37. The second kappa shape index (κ2) is 3.59. The third-order valence-corrected chi connectivity index (χ3v) is 2.10. The van der Waals surface area contributed by atoms with Gasteiger partial charge in [-0.05, 0) is 6.42 Å². The molecule has 0 aromatic heterocycles. The molecule has 1 amide bonds. The summed E-state index contributed by atoms with van der Waals surface area (Å²) in [7, 11) is 0. The largest absolute Gasteiger partial charge is 1.00 e. The van der Waals surface area contributed by atoms with Gasteiger partial charge in [-0.25, -0.2) is 0 Å². The number of rotatable bonds is 1.